The quantitative estimate of drug-likeness (QED) is 0.773. The molecule has 1 unspecified atom stereocenters. The number of H-pyrrole nitrogens is 1. The van der Waals surface area contributed by atoms with Gasteiger partial charge in [-0.1, -0.05) is 18.2 Å². The van der Waals surface area contributed by atoms with Crippen LogP contribution in [0.4, 0.5) is 13.2 Å². The molecule has 2 rings (SSSR count). The number of halogens is 3. The van der Waals surface area contributed by atoms with Crippen molar-refractivity contribution in [3.63, 3.8) is 0 Å². The first-order valence-electron chi connectivity index (χ1n) is 4.84. The SMILES string of the molecule is CC(N)c1[nH]c2ccccc2c1C(F)(F)F. The van der Waals surface area contributed by atoms with Crippen LogP contribution in [0.3, 0.4) is 0 Å². The number of aromatic amines is 1. The van der Waals surface area contributed by atoms with E-state index in [4.69, 9.17) is 5.73 Å². The van der Waals surface area contributed by atoms with Crippen LogP contribution in [0.25, 0.3) is 10.9 Å². The fourth-order valence-corrected chi connectivity index (χ4v) is 1.81. The molecular weight excluding hydrogens is 217 g/mol. The number of rotatable bonds is 1. The normalized spacial score (nSPS) is 14.3. The van der Waals surface area contributed by atoms with Crippen molar-refractivity contribution in [3.8, 4) is 0 Å². The zero-order valence-corrected chi connectivity index (χ0v) is 8.60. The van der Waals surface area contributed by atoms with Crippen LogP contribution in [0.2, 0.25) is 0 Å². The molecule has 1 aromatic carbocycles. The molecular formula is C11H11F3N2. The summed E-state index contributed by atoms with van der Waals surface area (Å²) < 4.78 is 38.7. The van der Waals surface area contributed by atoms with Crippen molar-refractivity contribution in [2.24, 2.45) is 5.73 Å². The average molecular weight is 228 g/mol. The lowest BCUT2D eigenvalue weighted by Crippen LogP contribution is -2.14. The number of benzene rings is 1. The standard InChI is InChI=1S/C11H11F3N2/c1-6(15)10-9(11(12,13)14)7-4-2-3-5-8(7)16-10/h2-6,16H,15H2,1H3. The van der Waals surface area contributed by atoms with E-state index in [1.54, 1.807) is 18.2 Å². The molecule has 1 aromatic heterocycles. The van der Waals surface area contributed by atoms with Gasteiger partial charge in [0.15, 0.2) is 0 Å². The Morgan fingerprint density at radius 2 is 1.88 bits per heavy atom. The molecule has 2 nitrogen and oxygen atoms in total. The maximum atomic E-state index is 12.9. The van der Waals surface area contributed by atoms with E-state index < -0.39 is 17.8 Å². The lowest BCUT2D eigenvalue weighted by atomic mass is 10.1. The summed E-state index contributed by atoms with van der Waals surface area (Å²) in [6.07, 6.45) is -4.39. The smallest absolute Gasteiger partial charge is 0.357 e. The van der Waals surface area contributed by atoms with Crippen molar-refractivity contribution >= 4 is 10.9 Å². The second kappa shape index (κ2) is 3.52. The summed E-state index contributed by atoms with van der Waals surface area (Å²) in [5, 5.41) is 0.169. The predicted molar refractivity (Wildman–Crippen MR) is 55.9 cm³/mol. The molecule has 16 heavy (non-hydrogen) atoms. The highest BCUT2D eigenvalue weighted by Crippen LogP contribution is 2.39. The van der Waals surface area contributed by atoms with Crippen molar-refractivity contribution in [1.29, 1.82) is 0 Å². The van der Waals surface area contributed by atoms with Crippen LogP contribution in [0.15, 0.2) is 24.3 Å². The van der Waals surface area contributed by atoms with Gasteiger partial charge in [-0.05, 0) is 13.0 Å². The van der Waals surface area contributed by atoms with E-state index in [9.17, 15) is 13.2 Å². The van der Waals surface area contributed by atoms with E-state index in [2.05, 4.69) is 4.98 Å². The minimum absolute atomic E-state index is 0.0358. The largest absolute Gasteiger partial charge is 0.418 e. The molecule has 86 valence electrons. The third-order valence-corrected chi connectivity index (χ3v) is 2.47. The summed E-state index contributed by atoms with van der Waals surface area (Å²) in [5.74, 6) is 0. The number of hydrogen-bond acceptors (Lipinski definition) is 1. The lowest BCUT2D eigenvalue weighted by Gasteiger charge is -2.10. The van der Waals surface area contributed by atoms with Crippen LogP contribution in [0.5, 0.6) is 0 Å². The molecule has 0 aliphatic carbocycles. The van der Waals surface area contributed by atoms with Gasteiger partial charge in [0.25, 0.3) is 0 Å². The van der Waals surface area contributed by atoms with Crippen LogP contribution >= 0.6 is 0 Å². The zero-order chi connectivity index (χ0) is 11.9. The Hall–Kier alpha value is -1.49. The molecule has 0 radical (unpaired) electrons. The van der Waals surface area contributed by atoms with Gasteiger partial charge < -0.3 is 10.7 Å². The molecule has 0 aliphatic rings. The molecule has 1 atom stereocenters. The maximum Gasteiger partial charge on any atom is 0.418 e. The van der Waals surface area contributed by atoms with Crippen molar-refractivity contribution in [2.75, 3.05) is 0 Å². The summed E-state index contributed by atoms with van der Waals surface area (Å²) in [6.45, 7) is 1.53. The maximum absolute atomic E-state index is 12.9. The van der Waals surface area contributed by atoms with Gasteiger partial charge in [0.05, 0.1) is 5.56 Å². The fourth-order valence-electron chi connectivity index (χ4n) is 1.81. The Morgan fingerprint density at radius 1 is 1.25 bits per heavy atom. The van der Waals surface area contributed by atoms with Gasteiger partial charge >= 0.3 is 6.18 Å². The van der Waals surface area contributed by atoms with Crippen molar-refractivity contribution in [3.05, 3.63) is 35.5 Å². The number of para-hydroxylation sites is 1. The summed E-state index contributed by atoms with van der Waals surface area (Å²) in [4.78, 5) is 2.73. The zero-order valence-electron chi connectivity index (χ0n) is 8.60. The molecule has 0 saturated heterocycles. The van der Waals surface area contributed by atoms with Gasteiger partial charge in [-0.25, -0.2) is 0 Å². The minimum Gasteiger partial charge on any atom is -0.357 e. The summed E-state index contributed by atoms with van der Waals surface area (Å²) in [7, 11) is 0. The third kappa shape index (κ3) is 1.67. The Balaban J connectivity index is 2.80. The van der Waals surface area contributed by atoms with E-state index in [1.165, 1.54) is 13.0 Å². The monoisotopic (exact) mass is 228 g/mol. The molecule has 1 heterocycles. The van der Waals surface area contributed by atoms with Gasteiger partial charge in [-0.15, -0.1) is 0 Å². The van der Waals surface area contributed by atoms with E-state index in [-0.39, 0.29) is 11.1 Å². The number of hydrogen-bond donors (Lipinski definition) is 2. The first-order chi connectivity index (χ1) is 7.41. The summed E-state index contributed by atoms with van der Waals surface area (Å²) in [6, 6.07) is 5.64. The van der Waals surface area contributed by atoms with Crippen LogP contribution < -0.4 is 5.73 Å². The van der Waals surface area contributed by atoms with Crippen molar-refractivity contribution in [1.82, 2.24) is 4.98 Å². The van der Waals surface area contributed by atoms with E-state index in [0.29, 0.717) is 5.52 Å². The first-order valence-corrected chi connectivity index (χ1v) is 4.84. The lowest BCUT2D eigenvalue weighted by molar-refractivity contribution is -0.137. The van der Waals surface area contributed by atoms with Gasteiger partial charge in [0, 0.05) is 22.6 Å². The van der Waals surface area contributed by atoms with E-state index in [0.717, 1.165) is 0 Å². The molecule has 0 bridgehead atoms. The Bertz CT molecular complexity index is 511. The average Bonchev–Trinajstić information content (AvgIpc) is 2.55. The minimum atomic E-state index is -4.39. The summed E-state index contributed by atoms with van der Waals surface area (Å²) in [5.41, 5.74) is 5.39. The number of nitrogens with two attached hydrogens (primary N) is 1. The molecule has 2 aromatic rings. The van der Waals surface area contributed by atoms with Crippen LogP contribution in [-0.4, -0.2) is 4.98 Å². The molecule has 0 fully saturated rings. The second-order valence-corrected chi connectivity index (χ2v) is 3.75. The molecule has 0 amide bonds. The topological polar surface area (TPSA) is 41.8 Å². The van der Waals surface area contributed by atoms with E-state index in [1.807, 2.05) is 0 Å². The molecule has 3 N–H and O–H groups in total. The number of nitrogens with one attached hydrogen (secondary N) is 1. The second-order valence-electron chi connectivity index (χ2n) is 3.75. The van der Waals surface area contributed by atoms with E-state index >= 15 is 0 Å². The fraction of sp³-hybridized carbons (Fsp3) is 0.273. The van der Waals surface area contributed by atoms with Crippen molar-refractivity contribution < 1.29 is 13.2 Å². The Labute approximate surface area is 90.3 Å². The van der Waals surface area contributed by atoms with Gasteiger partial charge in [-0.2, -0.15) is 13.2 Å². The van der Waals surface area contributed by atoms with Gasteiger partial charge in [0.1, 0.15) is 0 Å². The first kappa shape index (κ1) is 11.0. The van der Waals surface area contributed by atoms with Crippen LogP contribution in [0.1, 0.15) is 24.2 Å². The highest BCUT2D eigenvalue weighted by molar-refractivity contribution is 5.85. The van der Waals surface area contributed by atoms with Crippen LogP contribution in [0, 0.1) is 0 Å². The van der Waals surface area contributed by atoms with Crippen LogP contribution in [-0.2, 0) is 6.18 Å². The summed E-state index contributed by atoms with van der Waals surface area (Å²) >= 11 is 0. The van der Waals surface area contributed by atoms with Gasteiger partial charge in [-0.3, -0.25) is 0 Å². The third-order valence-electron chi connectivity index (χ3n) is 2.47. The molecule has 0 saturated carbocycles. The highest BCUT2D eigenvalue weighted by atomic mass is 19.4. The molecule has 5 heteroatoms. The predicted octanol–water partition coefficient (Wildman–Crippen LogP) is 3.21. The number of fused-ring (bicyclic) bond motifs is 1. The molecule has 0 spiro atoms. The Kier molecular flexibility index (Phi) is 2.42. The Morgan fingerprint density at radius 3 is 2.44 bits per heavy atom. The molecule has 0 aliphatic heterocycles. The van der Waals surface area contributed by atoms with Gasteiger partial charge in [0.2, 0.25) is 0 Å². The highest BCUT2D eigenvalue weighted by Gasteiger charge is 2.37. The number of aromatic nitrogens is 1. The van der Waals surface area contributed by atoms with Crippen molar-refractivity contribution in [2.45, 2.75) is 19.1 Å². The number of alkyl halides is 3.